The SMILES string of the molecule is Cc1cc(C)cc(-n2c(C)cc(C3C(c4ccccn4)NC(=S)N3c3ccc(Oc4ccccc4)cc3)c2C)c1. The van der Waals surface area contributed by atoms with Gasteiger partial charge in [-0.25, -0.2) is 0 Å². The first-order valence-electron chi connectivity index (χ1n) is 13.5. The van der Waals surface area contributed by atoms with E-state index in [1.807, 2.05) is 60.8 Å². The average Bonchev–Trinajstić information content (AvgIpc) is 3.44. The minimum absolute atomic E-state index is 0.0888. The summed E-state index contributed by atoms with van der Waals surface area (Å²) in [5, 5.41) is 4.26. The van der Waals surface area contributed by atoms with Crippen LogP contribution in [0.25, 0.3) is 5.69 Å². The lowest BCUT2D eigenvalue weighted by atomic mass is 9.96. The first-order chi connectivity index (χ1) is 19.4. The van der Waals surface area contributed by atoms with Gasteiger partial charge in [0.25, 0.3) is 0 Å². The summed E-state index contributed by atoms with van der Waals surface area (Å²) in [5.41, 5.74) is 9.21. The van der Waals surface area contributed by atoms with Crippen molar-refractivity contribution in [2.24, 2.45) is 0 Å². The molecule has 0 saturated carbocycles. The van der Waals surface area contributed by atoms with E-state index in [0.717, 1.165) is 22.9 Å². The standard InChI is InChI=1S/C34H32N4OS/c1-22-18-23(2)20-27(19-22)37-24(3)21-30(25(37)4)33-32(31-12-8-9-17-35-31)36-34(40)38(33)26-13-15-29(16-14-26)39-28-10-6-5-7-11-28/h5-21,32-33H,1-4H3,(H,36,40). The molecule has 0 radical (unpaired) electrons. The minimum Gasteiger partial charge on any atom is -0.457 e. The highest BCUT2D eigenvalue weighted by atomic mass is 32.1. The lowest BCUT2D eigenvalue weighted by Gasteiger charge is -2.28. The van der Waals surface area contributed by atoms with Crippen LogP contribution in [-0.4, -0.2) is 14.7 Å². The second-order valence-corrected chi connectivity index (χ2v) is 10.8. The molecule has 2 aromatic heterocycles. The molecule has 3 aromatic carbocycles. The lowest BCUT2D eigenvalue weighted by Crippen LogP contribution is -2.29. The molecule has 6 rings (SSSR count). The minimum atomic E-state index is -0.109. The van der Waals surface area contributed by atoms with Gasteiger partial charge in [0.15, 0.2) is 5.11 Å². The number of aromatic nitrogens is 2. The Balaban J connectivity index is 1.43. The average molecular weight is 545 g/mol. The number of para-hydroxylation sites is 1. The van der Waals surface area contributed by atoms with E-state index in [1.165, 1.54) is 33.8 Å². The quantitative estimate of drug-likeness (QED) is 0.219. The molecule has 3 heterocycles. The van der Waals surface area contributed by atoms with E-state index in [0.29, 0.717) is 5.11 Å². The molecule has 1 N–H and O–H groups in total. The molecule has 200 valence electrons. The zero-order chi connectivity index (χ0) is 27.8. The zero-order valence-electron chi connectivity index (χ0n) is 23.1. The number of hydrogen-bond acceptors (Lipinski definition) is 3. The predicted molar refractivity (Wildman–Crippen MR) is 166 cm³/mol. The molecule has 0 spiro atoms. The van der Waals surface area contributed by atoms with Crippen molar-refractivity contribution < 1.29 is 4.74 Å². The molecule has 1 fully saturated rings. The van der Waals surface area contributed by atoms with E-state index in [2.05, 4.69) is 84.9 Å². The van der Waals surface area contributed by atoms with Crippen LogP contribution in [0.15, 0.2) is 103 Å². The molecule has 5 aromatic rings. The van der Waals surface area contributed by atoms with Crippen LogP contribution in [0, 0.1) is 27.7 Å². The largest absolute Gasteiger partial charge is 0.457 e. The molecule has 6 heteroatoms. The Morgan fingerprint density at radius 3 is 2.10 bits per heavy atom. The van der Waals surface area contributed by atoms with Crippen LogP contribution in [-0.2, 0) is 0 Å². The number of benzene rings is 3. The number of hydrogen-bond donors (Lipinski definition) is 1. The van der Waals surface area contributed by atoms with Gasteiger partial charge in [0.1, 0.15) is 11.5 Å². The fraction of sp³-hybridized carbons (Fsp3) is 0.176. The fourth-order valence-electron chi connectivity index (χ4n) is 5.81. The first kappa shape index (κ1) is 25.8. The van der Waals surface area contributed by atoms with E-state index in [4.69, 9.17) is 21.9 Å². The van der Waals surface area contributed by atoms with Gasteiger partial charge in [-0.15, -0.1) is 0 Å². The monoisotopic (exact) mass is 544 g/mol. The molecule has 0 bridgehead atoms. The number of aryl methyl sites for hydroxylation is 3. The summed E-state index contributed by atoms with van der Waals surface area (Å²) in [7, 11) is 0. The number of anilines is 1. The van der Waals surface area contributed by atoms with Crippen LogP contribution in [0.4, 0.5) is 5.69 Å². The van der Waals surface area contributed by atoms with Gasteiger partial charge in [-0.3, -0.25) is 4.98 Å². The Labute approximate surface area is 241 Å². The third-order valence-electron chi connectivity index (χ3n) is 7.45. The predicted octanol–water partition coefficient (Wildman–Crippen LogP) is 8.08. The lowest BCUT2D eigenvalue weighted by molar-refractivity contribution is 0.482. The van der Waals surface area contributed by atoms with Crippen LogP contribution < -0.4 is 15.0 Å². The second-order valence-electron chi connectivity index (χ2n) is 10.4. The topological polar surface area (TPSA) is 42.3 Å². The van der Waals surface area contributed by atoms with Crippen molar-refractivity contribution in [2.75, 3.05) is 4.90 Å². The van der Waals surface area contributed by atoms with Gasteiger partial charge in [-0.1, -0.05) is 30.3 Å². The highest BCUT2D eigenvalue weighted by Crippen LogP contribution is 2.44. The summed E-state index contributed by atoms with van der Waals surface area (Å²) < 4.78 is 8.40. The summed E-state index contributed by atoms with van der Waals surface area (Å²) in [6.45, 7) is 8.67. The Bertz CT molecular complexity index is 1640. The van der Waals surface area contributed by atoms with E-state index < -0.39 is 0 Å². The van der Waals surface area contributed by atoms with E-state index >= 15 is 0 Å². The normalized spacial score (nSPS) is 16.7. The molecule has 1 saturated heterocycles. The molecule has 1 aliphatic rings. The van der Waals surface area contributed by atoms with Crippen molar-refractivity contribution >= 4 is 23.0 Å². The summed E-state index contributed by atoms with van der Waals surface area (Å²) in [4.78, 5) is 6.94. The summed E-state index contributed by atoms with van der Waals surface area (Å²) in [6, 6.07) is 32.8. The van der Waals surface area contributed by atoms with E-state index in [-0.39, 0.29) is 12.1 Å². The van der Waals surface area contributed by atoms with Crippen LogP contribution in [0.5, 0.6) is 11.5 Å². The van der Waals surface area contributed by atoms with Gasteiger partial charge < -0.3 is 19.5 Å². The second kappa shape index (κ2) is 10.6. The number of pyridine rings is 1. The molecule has 40 heavy (non-hydrogen) atoms. The molecular formula is C34H32N4OS. The summed E-state index contributed by atoms with van der Waals surface area (Å²) in [6.07, 6.45) is 1.84. The van der Waals surface area contributed by atoms with Crippen molar-refractivity contribution in [3.63, 3.8) is 0 Å². The Morgan fingerprint density at radius 2 is 1.43 bits per heavy atom. The van der Waals surface area contributed by atoms with Crippen molar-refractivity contribution in [3.05, 3.63) is 137 Å². The third-order valence-corrected chi connectivity index (χ3v) is 7.76. The van der Waals surface area contributed by atoms with Crippen molar-refractivity contribution in [2.45, 2.75) is 39.8 Å². The highest BCUT2D eigenvalue weighted by Gasteiger charge is 2.42. The van der Waals surface area contributed by atoms with E-state index in [9.17, 15) is 0 Å². The van der Waals surface area contributed by atoms with Gasteiger partial charge in [0.05, 0.1) is 17.8 Å². The molecule has 5 nitrogen and oxygen atoms in total. The maximum absolute atomic E-state index is 6.05. The van der Waals surface area contributed by atoms with Crippen LogP contribution >= 0.6 is 12.2 Å². The number of ether oxygens (including phenoxy) is 1. The highest BCUT2D eigenvalue weighted by molar-refractivity contribution is 7.80. The Hall–Kier alpha value is -4.42. The van der Waals surface area contributed by atoms with Gasteiger partial charge in [-0.05, 0) is 123 Å². The van der Waals surface area contributed by atoms with Gasteiger partial charge in [0, 0.05) is 29.0 Å². The summed E-state index contributed by atoms with van der Waals surface area (Å²) in [5.74, 6) is 1.58. The number of nitrogens with zero attached hydrogens (tertiary/aromatic N) is 3. The smallest absolute Gasteiger partial charge is 0.174 e. The Morgan fingerprint density at radius 1 is 0.750 bits per heavy atom. The van der Waals surface area contributed by atoms with Gasteiger partial charge >= 0.3 is 0 Å². The molecule has 2 atom stereocenters. The maximum Gasteiger partial charge on any atom is 0.174 e. The number of nitrogens with one attached hydrogen (secondary N) is 1. The van der Waals surface area contributed by atoms with E-state index in [1.54, 1.807) is 0 Å². The maximum atomic E-state index is 6.05. The summed E-state index contributed by atoms with van der Waals surface area (Å²) >= 11 is 5.97. The Kier molecular flexibility index (Phi) is 6.86. The number of rotatable bonds is 6. The van der Waals surface area contributed by atoms with Crippen LogP contribution in [0.3, 0.4) is 0 Å². The van der Waals surface area contributed by atoms with Crippen molar-refractivity contribution in [1.29, 1.82) is 0 Å². The van der Waals surface area contributed by atoms with Crippen molar-refractivity contribution in [3.8, 4) is 17.2 Å². The molecule has 2 unspecified atom stereocenters. The van der Waals surface area contributed by atoms with Gasteiger partial charge in [0.2, 0.25) is 0 Å². The zero-order valence-corrected chi connectivity index (χ0v) is 23.9. The molecule has 1 aliphatic heterocycles. The first-order valence-corrected chi connectivity index (χ1v) is 13.9. The molecular weight excluding hydrogens is 512 g/mol. The van der Waals surface area contributed by atoms with Crippen molar-refractivity contribution in [1.82, 2.24) is 14.9 Å². The number of thiocarbonyl (C=S) groups is 1. The van der Waals surface area contributed by atoms with Crippen LogP contribution in [0.2, 0.25) is 0 Å². The third kappa shape index (κ3) is 4.87. The van der Waals surface area contributed by atoms with Gasteiger partial charge in [-0.2, -0.15) is 0 Å². The fourth-order valence-corrected chi connectivity index (χ4v) is 6.16. The van der Waals surface area contributed by atoms with Crippen LogP contribution in [0.1, 0.15) is 45.9 Å². The molecule has 0 amide bonds. The molecule has 0 aliphatic carbocycles.